The summed E-state index contributed by atoms with van der Waals surface area (Å²) in [6.07, 6.45) is 0.573. The van der Waals surface area contributed by atoms with Crippen molar-refractivity contribution >= 4 is 44.8 Å². The average molecular weight is 350 g/mol. The minimum Gasteiger partial charge on any atom is -0.287 e. The van der Waals surface area contributed by atoms with Gasteiger partial charge in [-0.05, 0) is 46.0 Å². The normalized spacial score (nSPS) is 10.7. The molecular weight excluding hydrogens is 343 g/mol. The molecule has 0 radical (unpaired) electrons. The number of hydrogen-bond acceptors (Lipinski definition) is 4. The lowest BCUT2D eigenvalue weighted by Crippen LogP contribution is -2.05. The molecule has 0 saturated carbocycles. The highest BCUT2D eigenvalue weighted by molar-refractivity contribution is 9.10. The SMILES string of the molecule is CCc1nnsc1C(=O)c1ccc(Br)c(Cl)c1F. The molecule has 94 valence electrons. The summed E-state index contributed by atoms with van der Waals surface area (Å²) in [5.74, 6) is -1.17. The fraction of sp³-hybridized carbons (Fsp3) is 0.182. The molecule has 0 aliphatic heterocycles. The fourth-order valence-corrected chi connectivity index (χ4v) is 2.61. The lowest BCUT2D eigenvalue weighted by Gasteiger charge is -2.04. The van der Waals surface area contributed by atoms with Crippen LogP contribution in [0.2, 0.25) is 5.02 Å². The van der Waals surface area contributed by atoms with Crippen LogP contribution in [0.3, 0.4) is 0 Å². The molecule has 7 heteroatoms. The third-order valence-corrected chi connectivity index (χ3v) is 4.40. The van der Waals surface area contributed by atoms with Gasteiger partial charge in [-0.2, -0.15) is 0 Å². The molecule has 1 aromatic heterocycles. The fourth-order valence-electron chi connectivity index (χ4n) is 1.44. The van der Waals surface area contributed by atoms with Gasteiger partial charge in [0, 0.05) is 4.47 Å². The van der Waals surface area contributed by atoms with E-state index in [2.05, 4.69) is 25.5 Å². The molecule has 0 amide bonds. The van der Waals surface area contributed by atoms with E-state index in [0.717, 1.165) is 11.5 Å². The Morgan fingerprint density at radius 1 is 1.56 bits per heavy atom. The van der Waals surface area contributed by atoms with Crippen molar-refractivity contribution < 1.29 is 9.18 Å². The Hall–Kier alpha value is -0.850. The third-order valence-electron chi connectivity index (χ3n) is 2.38. The summed E-state index contributed by atoms with van der Waals surface area (Å²) in [4.78, 5) is 12.5. The lowest BCUT2D eigenvalue weighted by molar-refractivity contribution is 0.103. The van der Waals surface area contributed by atoms with Gasteiger partial charge in [0.05, 0.1) is 16.3 Å². The van der Waals surface area contributed by atoms with Crippen molar-refractivity contribution in [1.82, 2.24) is 9.59 Å². The molecule has 0 fully saturated rings. The molecule has 18 heavy (non-hydrogen) atoms. The van der Waals surface area contributed by atoms with Crippen LogP contribution in [0.25, 0.3) is 0 Å². The maximum absolute atomic E-state index is 13.9. The second kappa shape index (κ2) is 5.42. The predicted octanol–water partition coefficient (Wildman–Crippen LogP) is 3.89. The van der Waals surface area contributed by atoms with Crippen molar-refractivity contribution in [2.45, 2.75) is 13.3 Å². The second-order valence-electron chi connectivity index (χ2n) is 3.45. The first-order chi connectivity index (χ1) is 8.56. The first kappa shape index (κ1) is 13.6. The minimum atomic E-state index is -0.730. The molecule has 0 saturated heterocycles. The summed E-state index contributed by atoms with van der Waals surface area (Å²) in [6, 6.07) is 2.94. The molecule has 2 rings (SSSR count). The van der Waals surface area contributed by atoms with Crippen LogP contribution in [0.1, 0.15) is 27.9 Å². The Kier molecular flexibility index (Phi) is 4.09. The van der Waals surface area contributed by atoms with Gasteiger partial charge in [0.15, 0.2) is 5.82 Å². The summed E-state index contributed by atoms with van der Waals surface area (Å²) in [6.45, 7) is 1.86. The number of nitrogens with zero attached hydrogens (tertiary/aromatic N) is 2. The van der Waals surface area contributed by atoms with Crippen LogP contribution in [0.5, 0.6) is 0 Å². The largest absolute Gasteiger partial charge is 0.287 e. The van der Waals surface area contributed by atoms with Gasteiger partial charge in [-0.3, -0.25) is 4.79 Å². The van der Waals surface area contributed by atoms with Crippen molar-refractivity contribution in [3.05, 3.63) is 43.6 Å². The van der Waals surface area contributed by atoms with Crippen LogP contribution in [0, 0.1) is 5.82 Å². The van der Waals surface area contributed by atoms with Crippen LogP contribution in [-0.2, 0) is 6.42 Å². The maximum atomic E-state index is 13.9. The van der Waals surface area contributed by atoms with Gasteiger partial charge < -0.3 is 0 Å². The average Bonchev–Trinajstić information content (AvgIpc) is 2.83. The molecule has 0 atom stereocenters. The van der Waals surface area contributed by atoms with E-state index in [-0.39, 0.29) is 10.6 Å². The molecule has 0 unspecified atom stereocenters. The summed E-state index contributed by atoms with van der Waals surface area (Å²) >= 11 is 9.82. The number of benzene rings is 1. The van der Waals surface area contributed by atoms with Crippen molar-refractivity contribution in [1.29, 1.82) is 0 Å². The molecular formula is C11H7BrClFN2OS. The maximum Gasteiger partial charge on any atom is 0.209 e. The molecule has 1 aromatic carbocycles. The molecule has 3 nitrogen and oxygen atoms in total. The Morgan fingerprint density at radius 3 is 2.94 bits per heavy atom. The number of ketones is 1. The van der Waals surface area contributed by atoms with E-state index in [1.54, 1.807) is 6.07 Å². The lowest BCUT2D eigenvalue weighted by atomic mass is 10.1. The van der Waals surface area contributed by atoms with Crippen LogP contribution >= 0.6 is 39.1 Å². The Morgan fingerprint density at radius 2 is 2.28 bits per heavy atom. The molecule has 0 aliphatic rings. The van der Waals surface area contributed by atoms with Gasteiger partial charge in [-0.15, -0.1) is 5.10 Å². The quantitative estimate of drug-likeness (QED) is 0.624. The van der Waals surface area contributed by atoms with Crippen molar-refractivity contribution in [3.8, 4) is 0 Å². The number of carbonyl (C=O) groups excluding carboxylic acids is 1. The molecule has 1 heterocycles. The molecule has 0 aliphatic carbocycles. The summed E-state index contributed by atoms with van der Waals surface area (Å²) in [7, 11) is 0. The van der Waals surface area contributed by atoms with Gasteiger partial charge in [0.1, 0.15) is 4.88 Å². The highest BCUT2D eigenvalue weighted by Gasteiger charge is 2.22. The Balaban J connectivity index is 2.50. The van der Waals surface area contributed by atoms with Gasteiger partial charge in [0.25, 0.3) is 0 Å². The van der Waals surface area contributed by atoms with Gasteiger partial charge in [-0.25, -0.2) is 4.39 Å². The highest BCUT2D eigenvalue weighted by Crippen LogP contribution is 2.29. The van der Waals surface area contributed by atoms with Crippen LogP contribution < -0.4 is 0 Å². The van der Waals surface area contributed by atoms with Crippen molar-refractivity contribution in [2.24, 2.45) is 0 Å². The molecule has 2 aromatic rings. The monoisotopic (exact) mass is 348 g/mol. The predicted molar refractivity (Wildman–Crippen MR) is 71.8 cm³/mol. The first-order valence-corrected chi connectivity index (χ1v) is 7.00. The van der Waals surface area contributed by atoms with E-state index in [1.165, 1.54) is 6.07 Å². The van der Waals surface area contributed by atoms with Gasteiger partial charge in [0.2, 0.25) is 5.78 Å². The minimum absolute atomic E-state index is 0.0658. The number of hydrogen-bond donors (Lipinski definition) is 0. The summed E-state index contributed by atoms with van der Waals surface area (Å²) < 4.78 is 18.1. The van der Waals surface area contributed by atoms with Crippen LogP contribution in [0.15, 0.2) is 16.6 Å². The van der Waals surface area contributed by atoms with E-state index in [4.69, 9.17) is 11.6 Å². The van der Waals surface area contributed by atoms with E-state index < -0.39 is 11.6 Å². The number of aryl methyl sites for hydroxylation is 1. The molecule has 0 N–H and O–H groups in total. The highest BCUT2D eigenvalue weighted by atomic mass is 79.9. The zero-order chi connectivity index (χ0) is 13.3. The Labute approximate surface area is 120 Å². The summed E-state index contributed by atoms with van der Waals surface area (Å²) in [5, 5.41) is 3.73. The van der Waals surface area contributed by atoms with Crippen molar-refractivity contribution in [3.63, 3.8) is 0 Å². The summed E-state index contributed by atoms with van der Waals surface area (Å²) in [5.41, 5.74) is 0.507. The zero-order valence-corrected chi connectivity index (χ0v) is 12.4. The van der Waals surface area contributed by atoms with Crippen LogP contribution in [-0.4, -0.2) is 15.4 Å². The van der Waals surface area contributed by atoms with Gasteiger partial charge >= 0.3 is 0 Å². The van der Waals surface area contributed by atoms with Crippen molar-refractivity contribution in [2.75, 3.05) is 0 Å². The number of rotatable bonds is 3. The van der Waals surface area contributed by atoms with Gasteiger partial charge in [-0.1, -0.05) is 23.0 Å². The Bertz CT molecular complexity index is 617. The number of aromatic nitrogens is 2. The third kappa shape index (κ3) is 2.32. The standard InChI is InChI=1S/C11H7BrClFN2OS/c1-2-7-11(18-16-15-7)10(17)5-3-4-6(12)8(13)9(5)14/h3-4H,2H2,1H3. The zero-order valence-electron chi connectivity index (χ0n) is 9.21. The smallest absolute Gasteiger partial charge is 0.209 e. The topological polar surface area (TPSA) is 42.9 Å². The number of halogens is 3. The van der Waals surface area contributed by atoms with E-state index in [0.29, 0.717) is 21.5 Å². The second-order valence-corrected chi connectivity index (χ2v) is 5.44. The van der Waals surface area contributed by atoms with E-state index >= 15 is 0 Å². The van der Waals surface area contributed by atoms with Crippen LogP contribution in [0.4, 0.5) is 4.39 Å². The van der Waals surface area contributed by atoms with E-state index in [1.807, 2.05) is 6.92 Å². The molecule has 0 spiro atoms. The first-order valence-electron chi connectivity index (χ1n) is 5.05. The molecule has 0 bridgehead atoms. The number of carbonyl (C=O) groups is 1. The van der Waals surface area contributed by atoms with E-state index in [9.17, 15) is 9.18 Å².